The Hall–Kier alpha value is -0.340. The monoisotopic (exact) mass is 184 g/mol. The maximum Gasteiger partial charge on any atom is 0.0751 e. The lowest BCUT2D eigenvalue weighted by Crippen LogP contribution is -2.37. The summed E-state index contributed by atoms with van der Waals surface area (Å²) in [5.41, 5.74) is 0.418. The van der Waals surface area contributed by atoms with Gasteiger partial charge in [0.05, 0.1) is 11.7 Å². The molecule has 1 aliphatic rings. The van der Waals surface area contributed by atoms with Gasteiger partial charge in [-0.3, -0.25) is 0 Å². The highest BCUT2D eigenvalue weighted by Crippen LogP contribution is 2.33. The van der Waals surface area contributed by atoms with E-state index in [0.29, 0.717) is 6.42 Å². The molecule has 0 spiro atoms. The van der Waals surface area contributed by atoms with Gasteiger partial charge in [-0.25, -0.2) is 0 Å². The minimum absolute atomic E-state index is 0.205. The zero-order valence-electron chi connectivity index (χ0n) is 8.75. The Labute approximate surface area is 80.3 Å². The lowest BCUT2D eigenvalue weighted by molar-refractivity contribution is -0.0241. The first-order valence-corrected chi connectivity index (χ1v) is 5.04. The normalized spacial score (nSPS) is 33.8. The molecule has 0 bridgehead atoms. The topological polar surface area (TPSA) is 40.5 Å². The summed E-state index contributed by atoms with van der Waals surface area (Å²) >= 11 is 0. The molecule has 1 rings (SSSR count). The fourth-order valence-corrected chi connectivity index (χ4v) is 1.81. The highest BCUT2D eigenvalue weighted by molar-refractivity contribution is 5.11. The Morgan fingerprint density at radius 3 is 2.69 bits per heavy atom. The first-order chi connectivity index (χ1) is 5.97. The molecule has 2 nitrogen and oxygen atoms in total. The molecule has 0 heterocycles. The molecule has 13 heavy (non-hydrogen) atoms. The van der Waals surface area contributed by atoms with Crippen molar-refractivity contribution in [2.75, 3.05) is 0 Å². The van der Waals surface area contributed by atoms with Crippen LogP contribution in [0.4, 0.5) is 0 Å². The summed E-state index contributed by atoms with van der Waals surface area (Å²) in [6, 6.07) is 0. The van der Waals surface area contributed by atoms with Crippen LogP contribution < -0.4 is 0 Å². The molecular formula is C11H20O2. The number of rotatable bonds is 2. The first kappa shape index (κ1) is 10.7. The van der Waals surface area contributed by atoms with Crippen molar-refractivity contribution < 1.29 is 10.2 Å². The highest BCUT2D eigenvalue weighted by Gasteiger charge is 2.33. The minimum atomic E-state index is -0.627. The first-order valence-electron chi connectivity index (χ1n) is 5.04. The number of hydrogen-bond acceptors (Lipinski definition) is 2. The lowest BCUT2D eigenvalue weighted by atomic mass is 9.76. The number of allylic oxidation sites excluding steroid dienone is 1. The summed E-state index contributed by atoms with van der Waals surface area (Å²) in [5, 5.41) is 19.6. The Morgan fingerprint density at radius 2 is 2.23 bits per heavy atom. The molecule has 2 heteroatoms. The van der Waals surface area contributed by atoms with Crippen LogP contribution in [-0.4, -0.2) is 21.9 Å². The van der Waals surface area contributed by atoms with E-state index in [0.717, 1.165) is 18.4 Å². The highest BCUT2D eigenvalue weighted by atomic mass is 16.3. The van der Waals surface area contributed by atoms with Crippen LogP contribution in [0.2, 0.25) is 0 Å². The van der Waals surface area contributed by atoms with E-state index in [1.54, 1.807) is 0 Å². The summed E-state index contributed by atoms with van der Waals surface area (Å²) in [4.78, 5) is 0. The van der Waals surface area contributed by atoms with E-state index in [2.05, 4.69) is 0 Å². The van der Waals surface area contributed by atoms with Crippen LogP contribution in [0.1, 0.15) is 40.0 Å². The van der Waals surface area contributed by atoms with Gasteiger partial charge in [-0.2, -0.15) is 0 Å². The number of aliphatic hydroxyl groups is 2. The number of aliphatic hydroxyl groups excluding tert-OH is 1. The predicted octanol–water partition coefficient (Wildman–Crippen LogP) is 1.86. The summed E-state index contributed by atoms with van der Waals surface area (Å²) in [6.45, 7) is 5.79. The third kappa shape index (κ3) is 2.32. The third-order valence-electron chi connectivity index (χ3n) is 3.35. The molecule has 3 atom stereocenters. The van der Waals surface area contributed by atoms with Crippen molar-refractivity contribution in [2.45, 2.75) is 51.7 Å². The maximum absolute atomic E-state index is 10.0. The minimum Gasteiger partial charge on any atom is -0.390 e. The van der Waals surface area contributed by atoms with Crippen LogP contribution in [0.25, 0.3) is 0 Å². The van der Waals surface area contributed by atoms with Crippen LogP contribution in [0.5, 0.6) is 0 Å². The average molecular weight is 184 g/mol. The van der Waals surface area contributed by atoms with Gasteiger partial charge in [0.2, 0.25) is 0 Å². The van der Waals surface area contributed by atoms with E-state index in [1.807, 2.05) is 26.8 Å². The van der Waals surface area contributed by atoms with Crippen LogP contribution >= 0.6 is 0 Å². The molecule has 0 amide bonds. The molecule has 0 aromatic rings. The van der Waals surface area contributed by atoms with Crippen molar-refractivity contribution in [3.8, 4) is 0 Å². The Balaban J connectivity index is 2.67. The second kappa shape index (κ2) is 3.81. The van der Waals surface area contributed by atoms with Crippen molar-refractivity contribution in [3.05, 3.63) is 11.6 Å². The molecule has 1 aliphatic carbocycles. The second-order valence-electron chi connectivity index (χ2n) is 4.34. The van der Waals surface area contributed by atoms with Gasteiger partial charge in [-0.1, -0.05) is 13.0 Å². The van der Waals surface area contributed by atoms with Crippen LogP contribution in [-0.2, 0) is 0 Å². The molecular weight excluding hydrogens is 164 g/mol. The van der Waals surface area contributed by atoms with Gasteiger partial charge in [0.15, 0.2) is 0 Å². The summed E-state index contributed by atoms with van der Waals surface area (Å²) in [5.74, 6) is 0.205. The SMILES string of the molecule is CCC(C)(O)C1CC=C(C)C(O)C1. The summed E-state index contributed by atoms with van der Waals surface area (Å²) < 4.78 is 0. The lowest BCUT2D eigenvalue weighted by Gasteiger charge is -2.35. The van der Waals surface area contributed by atoms with E-state index in [4.69, 9.17) is 0 Å². The predicted molar refractivity (Wildman–Crippen MR) is 53.4 cm³/mol. The summed E-state index contributed by atoms with van der Waals surface area (Å²) in [6.07, 6.45) is 4.03. The average Bonchev–Trinajstić information content (AvgIpc) is 2.09. The summed E-state index contributed by atoms with van der Waals surface area (Å²) in [7, 11) is 0. The molecule has 0 radical (unpaired) electrons. The van der Waals surface area contributed by atoms with Gasteiger partial charge in [0.1, 0.15) is 0 Å². The smallest absolute Gasteiger partial charge is 0.0751 e. The van der Waals surface area contributed by atoms with Crippen molar-refractivity contribution in [2.24, 2.45) is 5.92 Å². The zero-order valence-corrected chi connectivity index (χ0v) is 8.75. The van der Waals surface area contributed by atoms with Crippen molar-refractivity contribution in [1.82, 2.24) is 0 Å². The van der Waals surface area contributed by atoms with E-state index < -0.39 is 5.60 Å². The fraction of sp³-hybridized carbons (Fsp3) is 0.818. The van der Waals surface area contributed by atoms with Crippen LogP contribution in [0, 0.1) is 5.92 Å². The van der Waals surface area contributed by atoms with Crippen LogP contribution in [0.15, 0.2) is 11.6 Å². The molecule has 0 saturated carbocycles. The second-order valence-corrected chi connectivity index (χ2v) is 4.34. The Bertz CT molecular complexity index is 206. The molecule has 0 aliphatic heterocycles. The Morgan fingerprint density at radius 1 is 1.62 bits per heavy atom. The van der Waals surface area contributed by atoms with E-state index >= 15 is 0 Å². The molecule has 0 fully saturated rings. The van der Waals surface area contributed by atoms with Gasteiger partial charge in [-0.05, 0) is 44.6 Å². The molecule has 0 saturated heterocycles. The largest absolute Gasteiger partial charge is 0.390 e. The quantitative estimate of drug-likeness (QED) is 0.643. The molecule has 2 N–H and O–H groups in total. The van der Waals surface area contributed by atoms with Gasteiger partial charge in [0.25, 0.3) is 0 Å². The van der Waals surface area contributed by atoms with Gasteiger partial charge in [0, 0.05) is 0 Å². The van der Waals surface area contributed by atoms with Gasteiger partial charge in [-0.15, -0.1) is 0 Å². The van der Waals surface area contributed by atoms with Gasteiger partial charge >= 0.3 is 0 Å². The molecule has 0 aromatic carbocycles. The van der Waals surface area contributed by atoms with Crippen LogP contribution in [0.3, 0.4) is 0 Å². The van der Waals surface area contributed by atoms with E-state index in [9.17, 15) is 10.2 Å². The maximum atomic E-state index is 10.0. The third-order valence-corrected chi connectivity index (χ3v) is 3.35. The molecule has 76 valence electrons. The molecule has 0 aromatic heterocycles. The Kier molecular flexibility index (Phi) is 3.14. The number of hydrogen-bond donors (Lipinski definition) is 2. The van der Waals surface area contributed by atoms with E-state index in [1.165, 1.54) is 0 Å². The fourth-order valence-electron chi connectivity index (χ4n) is 1.81. The molecule has 3 unspecified atom stereocenters. The van der Waals surface area contributed by atoms with Gasteiger partial charge < -0.3 is 10.2 Å². The van der Waals surface area contributed by atoms with Crippen molar-refractivity contribution in [1.29, 1.82) is 0 Å². The zero-order chi connectivity index (χ0) is 10.1. The van der Waals surface area contributed by atoms with E-state index in [-0.39, 0.29) is 12.0 Å². The van der Waals surface area contributed by atoms with Crippen molar-refractivity contribution >= 4 is 0 Å². The standard InChI is InChI=1S/C11H20O2/c1-4-11(3,13)9-6-5-8(2)10(12)7-9/h5,9-10,12-13H,4,6-7H2,1-3H3. The van der Waals surface area contributed by atoms with Crippen molar-refractivity contribution in [3.63, 3.8) is 0 Å².